The molecule has 2 nitrogen and oxygen atoms in total. The molecule has 1 aromatic carbocycles. The molecule has 0 bridgehead atoms. The number of benzene rings is 1. The SMILES string of the molecule is CC1CCC2(CC1)CSC(Nc1ccc(F)cc1Cl)=N2. The molecule has 1 N–H and O–H groups in total. The number of thioether (sulfide) groups is 1. The van der Waals surface area contributed by atoms with E-state index in [-0.39, 0.29) is 11.4 Å². The molecule has 5 heteroatoms. The zero-order valence-corrected chi connectivity index (χ0v) is 13.0. The third-order valence-corrected chi connectivity index (χ3v) is 5.66. The Morgan fingerprint density at radius 3 is 2.85 bits per heavy atom. The van der Waals surface area contributed by atoms with Crippen molar-refractivity contribution in [2.75, 3.05) is 11.1 Å². The van der Waals surface area contributed by atoms with Crippen molar-refractivity contribution >= 4 is 34.2 Å². The number of amidine groups is 1. The lowest BCUT2D eigenvalue weighted by Gasteiger charge is -2.32. The molecule has 0 saturated heterocycles. The molecule has 0 amide bonds. The molecule has 20 heavy (non-hydrogen) atoms. The summed E-state index contributed by atoms with van der Waals surface area (Å²) in [5.74, 6) is 1.55. The van der Waals surface area contributed by atoms with Gasteiger partial charge in [-0.1, -0.05) is 30.3 Å². The van der Waals surface area contributed by atoms with E-state index in [9.17, 15) is 4.39 Å². The second-order valence-electron chi connectivity index (χ2n) is 5.86. The zero-order valence-electron chi connectivity index (χ0n) is 11.5. The largest absolute Gasteiger partial charge is 0.334 e. The number of aliphatic imine (C=N–C) groups is 1. The Labute approximate surface area is 128 Å². The Kier molecular flexibility index (Phi) is 3.95. The highest BCUT2D eigenvalue weighted by Gasteiger charge is 2.38. The van der Waals surface area contributed by atoms with Crippen LogP contribution in [0.4, 0.5) is 10.1 Å². The Bertz CT molecular complexity index is 539. The summed E-state index contributed by atoms with van der Waals surface area (Å²) in [6, 6.07) is 4.39. The van der Waals surface area contributed by atoms with Crippen molar-refractivity contribution in [3.63, 3.8) is 0 Å². The first kappa shape index (κ1) is 14.2. The molecule has 1 heterocycles. The van der Waals surface area contributed by atoms with Crippen LogP contribution in [0.3, 0.4) is 0 Å². The number of nitrogens with zero attached hydrogens (tertiary/aromatic N) is 1. The van der Waals surface area contributed by atoms with Crippen LogP contribution in [-0.4, -0.2) is 16.5 Å². The van der Waals surface area contributed by atoms with Gasteiger partial charge in [-0.25, -0.2) is 4.39 Å². The van der Waals surface area contributed by atoms with E-state index in [0.29, 0.717) is 5.02 Å². The molecule has 1 aliphatic carbocycles. The minimum Gasteiger partial charge on any atom is -0.334 e. The number of hydrogen-bond donors (Lipinski definition) is 1. The van der Waals surface area contributed by atoms with Gasteiger partial charge in [0.25, 0.3) is 0 Å². The maximum Gasteiger partial charge on any atom is 0.161 e. The first-order valence-electron chi connectivity index (χ1n) is 7.01. The Morgan fingerprint density at radius 2 is 2.15 bits per heavy atom. The summed E-state index contributed by atoms with van der Waals surface area (Å²) in [6.07, 6.45) is 4.86. The highest BCUT2D eigenvalue weighted by molar-refractivity contribution is 8.14. The summed E-state index contributed by atoms with van der Waals surface area (Å²) < 4.78 is 13.0. The number of nitrogens with one attached hydrogen (secondary N) is 1. The molecular weight excluding hydrogens is 295 g/mol. The summed E-state index contributed by atoms with van der Waals surface area (Å²) in [5.41, 5.74) is 0.840. The maximum atomic E-state index is 13.0. The van der Waals surface area contributed by atoms with Gasteiger partial charge in [-0.15, -0.1) is 0 Å². The average Bonchev–Trinajstić information content (AvgIpc) is 2.80. The van der Waals surface area contributed by atoms with Crippen molar-refractivity contribution in [1.29, 1.82) is 0 Å². The first-order valence-corrected chi connectivity index (χ1v) is 8.37. The van der Waals surface area contributed by atoms with Crippen LogP contribution in [0.1, 0.15) is 32.6 Å². The van der Waals surface area contributed by atoms with Crippen molar-refractivity contribution in [1.82, 2.24) is 0 Å². The van der Waals surface area contributed by atoms with E-state index in [1.807, 2.05) is 0 Å². The quantitative estimate of drug-likeness (QED) is 0.794. The van der Waals surface area contributed by atoms with E-state index in [1.165, 1.54) is 37.8 Å². The Morgan fingerprint density at radius 1 is 1.40 bits per heavy atom. The molecule has 1 aliphatic heterocycles. The van der Waals surface area contributed by atoms with Crippen LogP contribution in [0, 0.1) is 11.7 Å². The van der Waals surface area contributed by atoms with Gasteiger partial charge in [0.05, 0.1) is 16.2 Å². The highest BCUT2D eigenvalue weighted by Crippen LogP contribution is 2.42. The first-order chi connectivity index (χ1) is 9.56. The van der Waals surface area contributed by atoms with Crippen LogP contribution in [-0.2, 0) is 0 Å². The lowest BCUT2D eigenvalue weighted by Crippen LogP contribution is -2.32. The lowest BCUT2D eigenvalue weighted by molar-refractivity contribution is 0.273. The van der Waals surface area contributed by atoms with Crippen LogP contribution < -0.4 is 5.32 Å². The standard InChI is InChI=1S/C15H18ClFN2S/c1-10-4-6-15(7-5-10)9-20-14(19-15)18-13-3-2-11(17)8-12(13)16/h2-3,8,10H,4-7,9H2,1H3,(H,18,19). The molecule has 108 valence electrons. The van der Waals surface area contributed by atoms with Gasteiger partial charge in [0.1, 0.15) is 5.82 Å². The van der Waals surface area contributed by atoms with Gasteiger partial charge in [0.2, 0.25) is 0 Å². The van der Waals surface area contributed by atoms with Gasteiger partial charge >= 0.3 is 0 Å². The lowest BCUT2D eigenvalue weighted by atomic mass is 9.79. The number of halogens is 2. The fourth-order valence-electron chi connectivity index (χ4n) is 2.81. The van der Waals surface area contributed by atoms with Gasteiger partial charge in [-0.2, -0.15) is 0 Å². The van der Waals surface area contributed by atoms with Gasteiger partial charge in [-0.05, 0) is 49.8 Å². The third kappa shape index (κ3) is 2.96. The number of rotatable bonds is 1. The molecule has 3 rings (SSSR count). The molecule has 1 aromatic rings. The molecule has 0 atom stereocenters. The van der Waals surface area contributed by atoms with Crippen LogP contribution in [0.25, 0.3) is 0 Å². The van der Waals surface area contributed by atoms with E-state index < -0.39 is 0 Å². The normalized spacial score (nSPS) is 29.6. The average molecular weight is 313 g/mol. The van der Waals surface area contributed by atoms with Crippen molar-refractivity contribution in [3.8, 4) is 0 Å². The van der Waals surface area contributed by atoms with E-state index >= 15 is 0 Å². The van der Waals surface area contributed by atoms with Crippen molar-refractivity contribution < 1.29 is 4.39 Å². The van der Waals surface area contributed by atoms with E-state index in [4.69, 9.17) is 16.6 Å². The molecule has 0 aromatic heterocycles. The van der Waals surface area contributed by atoms with Crippen molar-refractivity contribution in [2.45, 2.75) is 38.1 Å². The van der Waals surface area contributed by atoms with Crippen LogP contribution in [0.2, 0.25) is 5.02 Å². The number of anilines is 1. The summed E-state index contributed by atoms with van der Waals surface area (Å²) in [4.78, 5) is 4.89. The fraction of sp³-hybridized carbons (Fsp3) is 0.533. The second-order valence-corrected chi connectivity index (χ2v) is 7.23. The fourth-order valence-corrected chi connectivity index (χ4v) is 4.22. The monoisotopic (exact) mass is 312 g/mol. The highest BCUT2D eigenvalue weighted by atomic mass is 35.5. The predicted octanol–water partition coefficient (Wildman–Crippen LogP) is 4.94. The van der Waals surface area contributed by atoms with Gasteiger partial charge in [-0.3, -0.25) is 4.99 Å². The van der Waals surface area contributed by atoms with E-state index in [0.717, 1.165) is 22.5 Å². The van der Waals surface area contributed by atoms with Gasteiger partial charge in [0, 0.05) is 5.75 Å². The maximum absolute atomic E-state index is 13.0. The minimum absolute atomic E-state index is 0.117. The second kappa shape index (κ2) is 5.57. The Balaban J connectivity index is 1.72. The zero-order chi connectivity index (χ0) is 14.2. The summed E-state index contributed by atoms with van der Waals surface area (Å²) >= 11 is 7.78. The molecule has 1 fully saturated rings. The van der Waals surface area contributed by atoms with Crippen LogP contribution >= 0.6 is 23.4 Å². The molecule has 0 unspecified atom stereocenters. The van der Waals surface area contributed by atoms with E-state index in [1.54, 1.807) is 17.8 Å². The summed E-state index contributed by atoms with van der Waals surface area (Å²) in [6.45, 7) is 2.32. The third-order valence-electron chi connectivity index (χ3n) is 4.19. The molecule has 1 spiro atoms. The van der Waals surface area contributed by atoms with Crippen LogP contribution in [0.5, 0.6) is 0 Å². The molecular formula is C15H18ClFN2S. The summed E-state index contributed by atoms with van der Waals surface area (Å²) in [5, 5.41) is 4.54. The predicted molar refractivity (Wildman–Crippen MR) is 85.3 cm³/mol. The van der Waals surface area contributed by atoms with E-state index in [2.05, 4.69) is 12.2 Å². The number of hydrogen-bond acceptors (Lipinski definition) is 3. The molecule has 0 radical (unpaired) electrons. The van der Waals surface area contributed by atoms with Gasteiger partial charge in [0.15, 0.2) is 5.17 Å². The molecule has 1 saturated carbocycles. The topological polar surface area (TPSA) is 24.4 Å². The van der Waals surface area contributed by atoms with Crippen molar-refractivity contribution in [3.05, 3.63) is 29.0 Å². The summed E-state index contributed by atoms with van der Waals surface area (Å²) in [7, 11) is 0. The van der Waals surface area contributed by atoms with Gasteiger partial charge < -0.3 is 5.32 Å². The molecule has 2 aliphatic rings. The van der Waals surface area contributed by atoms with Crippen LogP contribution in [0.15, 0.2) is 23.2 Å². The Hall–Kier alpha value is -0.740. The smallest absolute Gasteiger partial charge is 0.161 e. The minimum atomic E-state index is -0.320. The van der Waals surface area contributed by atoms with Crippen molar-refractivity contribution in [2.24, 2.45) is 10.9 Å².